The van der Waals surface area contributed by atoms with Crippen molar-refractivity contribution in [3.05, 3.63) is 41.6 Å². The molecule has 2 aromatic rings. The van der Waals surface area contributed by atoms with Crippen molar-refractivity contribution in [2.45, 2.75) is 13.1 Å². The van der Waals surface area contributed by atoms with Gasteiger partial charge < -0.3 is 10.5 Å². The number of carbonyl (C=O) groups is 1. The molecular weight excluding hydrogens is 299 g/mol. The SMILES string of the molecule is CCOc1nc(C(N)=O)cc(-c2ccc(C(F)(F)F)cc2)n1. The molecule has 0 saturated heterocycles. The maximum Gasteiger partial charge on any atom is 0.416 e. The summed E-state index contributed by atoms with van der Waals surface area (Å²) in [5, 5.41) is 0. The third-order valence-electron chi connectivity index (χ3n) is 2.74. The zero-order valence-electron chi connectivity index (χ0n) is 11.5. The minimum absolute atomic E-state index is 0.0614. The number of hydrogen-bond donors (Lipinski definition) is 1. The molecule has 0 saturated carbocycles. The molecule has 8 heteroatoms. The minimum atomic E-state index is -4.42. The summed E-state index contributed by atoms with van der Waals surface area (Å²) in [6, 6.07) is 5.61. The average molecular weight is 311 g/mol. The second-order valence-electron chi connectivity index (χ2n) is 4.29. The van der Waals surface area contributed by atoms with Crippen LogP contribution in [0.25, 0.3) is 11.3 Å². The van der Waals surface area contributed by atoms with E-state index in [1.807, 2.05) is 0 Å². The number of primary amides is 1. The van der Waals surface area contributed by atoms with Gasteiger partial charge >= 0.3 is 12.2 Å². The number of carbonyl (C=O) groups excluding carboxylic acids is 1. The molecule has 0 aliphatic carbocycles. The number of nitrogens with zero attached hydrogens (tertiary/aromatic N) is 2. The molecule has 22 heavy (non-hydrogen) atoms. The zero-order valence-corrected chi connectivity index (χ0v) is 11.5. The highest BCUT2D eigenvalue weighted by molar-refractivity contribution is 5.91. The summed E-state index contributed by atoms with van der Waals surface area (Å²) < 4.78 is 42.8. The minimum Gasteiger partial charge on any atom is -0.464 e. The van der Waals surface area contributed by atoms with E-state index in [2.05, 4.69) is 9.97 Å². The Morgan fingerprint density at radius 1 is 1.23 bits per heavy atom. The summed E-state index contributed by atoms with van der Waals surface area (Å²) >= 11 is 0. The topological polar surface area (TPSA) is 78.1 Å². The lowest BCUT2D eigenvalue weighted by molar-refractivity contribution is -0.137. The summed E-state index contributed by atoms with van der Waals surface area (Å²) in [7, 11) is 0. The van der Waals surface area contributed by atoms with Crippen molar-refractivity contribution in [2.24, 2.45) is 5.73 Å². The van der Waals surface area contributed by atoms with Gasteiger partial charge in [-0.05, 0) is 25.1 Å². The van der Waals surface area contributed by atoms with E-state index in [9.17, 15) is 18.0 Å². The van der Waals surface area contributed by atoms with E-state index in [1.54, 1.807) is 6.92 Å². The van der Waals surface area contributed by atoms with Gasteiger partial charge in [-0.2, -0.15) is 23.1 Å². The standard InChI is InChI=1S/C14H12F3N3O2/c1-2-22-13-19-10(7-11(20-13)12(18)21)8-3-5-9(6-4-8)14(15,16)17/h3-7H,2H2,1H3,(H2,18,21). The van der Waals surface area contributed by atoms with Gasteiger partial charge in [-0.25, -0.2) is 0 Å². The fraction of sp³-hybridized carbons (Fsp3) is 0.214. The molecule has 0 unspecified atom stereocenters. The van der Waals surface area contributed by atoms with Crippen LogP contribution in [0, 0.1) is 0 Å². The first kappa shape index (κ1) is 15.7. The van der Waals surface area contributed by atoms with Crippen LogP contribution in [0.15, 0.2) is 30.3 Å². The van der Waals surface area contributed by atoms with E-state index < -0.39 is 17.6 Å². The van der Waals surface area contributed by atoms with Crippen molar-refractivity contribution in [1.29, 1.82) is 0 Å². The van der Waals surface area contributed by atoms with Crippen molar-refractivity contribution in [1.82, 2.24) is 9.97 Å². The summed E-state index contributed by atoms with van der Waals surface area (Å²) in [5.41, 5.74) is 4.96. The van der Waals surface area contributed by atoms with Crippen molar-refractivity contribution in [3.63, 3.8) is 0 Å². The molecule has 116 valence electrons. The average Bonchev–Trinajstić information content (AvgIpc) is 2.46. The van der Waals surface area contributed by atoms with Crippen LogP contribution in [0.5, 0.6) is 6.01 Å². The van der Waals surface area contributed by atoms with Crippen LogP contribution in [0.4, 0.5) is 13.2 Å². The van der Waals surface area contributed by atoms with Crippen LogP contribution in [-0.4, -0.2) is 22.5 Å². The lowest BCUT2D eigenvalue weighted by atomic mass is 10.1. The largest absolute Gasteiger partial charge is 0.464 e. The normalized spacial score (nSPS) is 11.3. The summed E-state index contributed by atoms with van der Waals surface area (Å²) in [6.07, 6.45) is -4.42. The smallest absolute Gasteiger partial charge is 0.416 e. The van der Waals surface area contributed by atoms with Gasteiger partial charge in [0.05, 0.1) is 17.9 Å². The van der Waals surface area contributed by atoms with Gasteiger partial charge in [-0.3, -0.25) is 4.79 Å². The van der Waals surface area contributed by atoms with E-state index in [4.69, 9.17) is 10.5 Å². The molecule has 0 spiro atoms. The van der Waals surface area contributed by atoms with Gasteiger partial charge in [0.2, 0.25) is 0 Å². The molecule has 1 aromatic carbocycles. The molecule has 0 fully saturated rings. The highest BCUT2D eigenvalue weighted by atomic mass is 19.4. The fourth-order valence-corrected chi connectivity index (χ4v) is 1.72. The van der Waals surface area contributed by atoms with Crippen LogP contribution in [0.2, 0.25) is 0 Å². The van der Waals surface area contributed by atoms with Gasteiger partial charge in [0.15, 0.2) is 0 Å². The van der Waals surface area contributed by atoms with Crippen LogP contribution >= 0.6 is 0 Å². The number of alkyl halides is 3. The monoisotopic (exact) mass is 311 g/mol. The third-order valence-corrected chi connectivity index (χ3v) is 2.74. The van der Waals surface area contributed by atoms with Gasteiger partial charge in [-0.1, -0.05) is 12.1 Å². The highest BCUT2D eigenvalue weighted by Crippen LogP contribution is 2.30. The van der Waals surface area contributed by atoms with Gasteiger partial charge in [0.1, 0.15) is 5.69 Å². The molecule has 1 heterocycles. The number of ether oxygens (including phenoxy) is 1. The molecule has 1 amide bonds. The van der Waals surface area contributed by atoms with E-state index in [-0.39, 0.29) is 24.0 Å². The predicted molar refractivity (Wildman–Crippen MR) is 72.2 cm³/mol. The Morgan fingerprint density at radius 2 is 1.86 bits per heavy atom. The van der Waals surface area contributed by atoms with Crippen LogP contribution in [0.1, 0.15) is 23.0 Å². The number of halogens is 3. The highest BCUT2D eigenvalue weighted by Gasteiger charge is 2.30. The number of aromatic nitrogens is 2. The van der Waals surface area contributed by atoms with Gasteiger partial charge in [0.25, 0.3) is 5.91 Å². The number of hydrogen-bond acceptors (Lipinski definition) is 4. The Kier molecular flexibility index (Phi) is 4.30. The molecule has 0 aliphatic heterocycles. The quantitative estimate of drug-likeness (QED) is 0.941. The Morgan fingerprint density at radius 3 is 2.36 bits per heavy atom. The van der Waals surface area contributed by atoms with Crippen molar-refractivity contribution < 1.29 is 22.7 Å². The lowest BCUT2D eigenvalue weighted by Gasteiger charge is -2.09. The van der Waals surface area contributed by atoms with Gasteiger partial charge in [0, 0.05) is 5.56 Å². The zero-order chi connectivity index (χ0) is 16.3. The maximum absolute atomic E-state index is 12.5. The number of benzene rings is 1. The van der Waals surface area contributed by atoms with Crippen LogP contribution in [-0.2, 0) is 6.18 Å². The molecule has 5 nitrogen and oxygen atoms in total. The number of amides is 1. The van der Waals surface area contributed by atoms with Crippen LogP contribution < -0.4 is 10.5 Å². The van der Waals surface area contributed by atoms with E-state index >= 15 is 0 Å². The molecule has 0 radical (unpaired) electrons. The van der Waals surface area contributed by atoms with Gasteiger partial charge in [-0.15, -0.1) is 0 Å². The van der Waals surface area contributed by atoms with Crippen molar-refractivity contribution >= 4 is 5.91 Å². The molecule has 2 N–H and O–H groups in total. The number of rotatable bonds is 4. The van der Waals surface area contributed by atoms with Crippen LogP contribution in [0.3, 0.4) is 0 Å². The van der Waals surface area contributed by atoms with E-state index in [0.29, 0.717) is 5.56 Å². The third kappa shape index (κ3) is 3.51. The molecule has 1 aromatic heterocycles. The second kappa shape index (κ2) is 6.00. The summed E-state index contributed by atoms with van der Waals surface area (Å²) in [4.78, 5) is 19.1. The molecule has 0 bridgehead atoms. The molecule has 0 atom stereocenters. The van der Waals surface area contributed by atoms with E-state index in [1.165, 1.54) is 18.2 Å². The first-order chi connectivity index (χ1) is 10.3. The Labute approximate surface area is 123 Å². The molecular formula is C14H12F3N3O2. The van der Waals surface area contributed by atoms with Crippen molar-refractivity contribution in [2.75, 3.05) is 6.61 Å². The Hall–Kier alpha value is -2.64. The lowest BCUT2D eigenvalue weighted by Crippen LogP contribution is -2.14. The first-order valence-electron chi connectivity index (χ1n) is 6.30. The molecule has 0 aliphatic rings. The van der Waals surface area contributed by atoms with E-state index in [0.717, 1.165) is 12.1 Å². The molecule has 2 rings (SSSR count). The number of nitrogens with two attached hydrogens (primary N) is 1. The summed E-state index contributed by atoms with van der Waals surface area (Å²) in [6.45, 7) is 1.98. The second-order valence-corrected chi connectivity index (χ2v) is 4.29. The van der Waals surface area contributed by atoms with Crippen molar-refractivity contribution in [3.8, 4) is 17.3 Å². The maximum atomic E-state index is 12.5. The Balaban J connectivity index is 2.44. The Bertz CT molecular complexity index is 685. The predicted octanol–water partition coefficient (Wildman–Crippen LogP) is 2.66. The first-order valence-corrected chi connectivity index (χ1v) is 6.30. The summed E-state index contributed by atoms with van der Waals surface area (Å²) in [5.74, 6) is -0.781. The fourth-order valence-electron chi connectivity index (χ4n) is 1.72.